The summed E-state index contributed by atoms with van der Waals surface area (Å²) in [5.41, 5.74) is 3.97. The van der Waals surface area contributed by atoms with E-state index < -0.39 is 0 Å². The number of fused-ring (bicyclic) bond motifs is 5. The summed E-state index contributed by atoms with van der Waals surface area (Å²) in [5, 5.41) is 3.10. The van der Waals surface area contributed by atoms with Crippen molar-refractivity contribution in [1.82, 2.24) is 19.5 Å². The summed E-state index contributed by atoms with van der Waals surface area (Å²) in [5.74, 6) is 0.749. The molecule has 0 atom stereocenters. The molecule has 1 aromatic carbocycles. The van der Waals surface area contributed by atoms with Gasteiger partial charge in [0.05, 0.1) is 28.5 Å². The summed E-state index contributed by atoms with van der Waals surface area (Å²) in [4.78, 5) is 13.6. The van der Waals surface area contributed by atoms with E-state index in [9.17, 15) is 0 Å². The SMILES string of the molecule is c1ccc2c(c#1)oc1c2c2ccncc2n1-c1cccc(-c2ccccn2)n1. The number of rotatable bonds is 2. The normalized spacial score (nSPS) is 11.3. The lowest BCUT2D eigenvalue weighted by Crippen LogP contribution is -1.98. The van der Waals surface area contributed by atoms with Crippen molar-refractivity contribution in [1.29, 1.82) is 0 Å². The molecule has 5 heterocycles. The Hall–Kier alpha value is -4.17. The quantitative estimate of drug-likeness (QED) is 0.437. The molecule has 0 N–H and O–H groups in total. The molecule has 0 saturated carbocycles. The van der Waals surface area contributed by atoms with Crippen LogP contribution >= 0.6 is 0 Å². The number of aromatic nitrogens is 4. The van der Waals surface area contributed by atoms with Crippen LogP contribution < -0.4 is 0 Å². The summed E-state index contributed by atoms with van der Waals surface area (Å²) >= 11 is 0. The molecular weight excluding hydrogens is 348 g/mol. The van der Waals surface area contributed by atoms with Crippen LogP contribution in [0.2, 0.25) is 0 Å². The third kappa shape index (κ3) is 2.06. The first-order chi connectivity index (χ1) is 13.9. The Morgan fingerprint density at radius 3 is 2.79 bits per heavy atom. The molecule has 28 heavy (non-hydrogen) atoms. The van der Waals surface area contributed by atoms with Gasteiger partial charge in [0.1, 0.15) is 5.82 Å². The summed E-state index contributed by atoms with van der Waals surface area (Å²) in [6, 6.07) is 23.5. The van der Waals surface area contributed by atoms with Crippen molar-refractivity contribution >= 4 is 33.0 Å². The first-order valence-electron chi connectivity index (χ1n) is 8.88. The van der Waals surface area contributed by atoms with Crippen molar-refractivity contribution in [3.8, 4) is 17.2 Å². The van der Waals surface area contributed by atoms with Gasteiger partial charge in [-0.3, -0.25) is 14.5 Å². The third-order valence-corrected chi connectivity index (χ3v) is 4.85. The van der Waals surface area contributed by atoms with E-state index >= 15 is 0 Å². The van der Waals surface area contributed by atoms with Gasteiger partial charge < -0.3 is 4.42 Å². The zero-order chi connectivity index (χ0) is 18.5. The number of hydrogen-bond acceptors (Lipinski definition) is 4. The predicted molar refractivity (Wildman–Crippen MR) is 107 cm³/mol. The van der Waals surface area contributed by atoms with Crippen LogP contribution in [0.4, 0.5) is 0 Å². The zero-order valence-electron chi connectivity index (χ0n) is 14.6. The highest BCUT2D eigenvalue weighted by Gasteiger charge is 2.20. The molecule has 0 aliphatic carbocycles. The van der Waals surface area contributed by atoms with Crippen molar-refractivity contribution in [2.24, 2.45) is 0 Å². The van der Waals surface area contributed by atoms with Crippen molar-refractivity contribution < 1.29 is 4.42 Å². The van der Waals surface area contributed by atoms with Crippen molar-refractivity contribution in [3.63, 3.8) is 0 Å². The van der Waals surface area contributed by atoms with Crippen LogP contribution in [0.1, 0.15) is 0 Å². The van der Waals surface area contributed by atoms with Crippen molar-refractivity contribution in [3.05, 3.63) is 85.3 Å². The van der Waals surface area contributed by atoms with Gasteiger partial charge in [0, 0.05) is 23.2 Å². The van der Waals surface area contributed by atoms with Gasteiger partial charge in [0.2, 0.25) is 5.71 Å². The fraction of sp³-hybridized carbons (Fsp3) is 0. The molecule has 0 saturated heterocycles. The van der Waals surface area contributed by atoms with Crippen molar-refractivity contribution in [2.45, 2.75) is 0 Å². The Balaban J connectivity index is 1.70. The average Bonchev–Trinajstić information content (AvgIpc) is 3.29. The molecule has 0 fully saturated rings. The van der Waals surface area contributed by atoms with E-state index in [1.807, 2.05) is 65.4 Å². The molecule has 5 heteroatoms. The molecule has 0 bridgehead atoms. The number of nitrogens with zero attached hydrogens (tertiary/aromatic N) is 4. The minimum Gasteiger partial charge on any atom is -0.430 e. The summed E-state index contributed by atoms with van der Waals surface area (Å²) in [7, 11) is 0. The van der Waals surface area contributed by atoms with E-state index in [0.717, 1.165) is 44.6 Å². The van der Waals surface area contributed by atoms with Crippen LogP contribution in [0.25, 0.3) is 50.2 Å². The van der Waals surface area contributed by atoms with Crippen LogP contribution in [-0.4, -0.2) is 19.5 Å². The molecule has 0 aliphatic heterocycles. The highest BCUT2D eigenvalue weighted by Crippen LogP contribution is 2.37. The van der Waals surface area contributed by atoms with E-state index in [2.05, 4.69) is 22.1 Å². The first kappa shape index (κ1) is 14.9. The largest absolute Gasteiger partial charge is 0.430 e. The van der Waals surface area contributed by atoms with E-state index in [4.69, 9.17) is 9.40 Å². The maximum atomic E-state index is 6.16. The average molecular weight is 360 g/mol. The molecular formula is C23H12N4O. The molecule has 0 spiro atoms. The lowest BCUT2D eigenvalue weighted by atomic mass is 10.2. The van der Waals surface area contributed by atoms with Gasteiger partial charge in [0.15, 0.2) is 5.58 Å². The van der Waals surface area contributed by atoms with Gasteiger partial charge in [-0.05, 0) is 48.5 Å². The number of pyridine rings is 3. The van der Waals surface area contributed by atoms with E-state index in [1.54, 1.807) is 12.4 Å². The van der Waals surface area contributed by atoms with Crippen LogP contribution in [0.5, 0.6) is 0 Å². The Morgan fingerprint density at radius 2 is 1.86 bits per heavy atom. The van der Waals surface area contributed by atoms with Crippen LogP contribution in [0.3, 0.4) is 0 Å². The standard InChI is InChI=1S/C23H12N4O/c1-2-9-20-16(6-1)22-15-11-13-24-14-19(15)27(23(22)28-20)21-10-5-8-18(26-21)17-7-3-4-12-25-17/h1,3-8,10-14H. The molecule has 6 aromatic rings. The predicted octanol–water partition coefficient (Wildman–Crippen LogP) is 4.98. The summed E-state index contributed by atoms with van der Waals surface area (Å²) in [6.07, 6.45) is 5.40. The van der Waals surface area contributed by atoms with Crippen LogP contribution in [0, 0.1) is 12.1 Å². The van der Waals surface area contributed by atoms with Crippen LogP contribution in [0.15, 0.2) is 77.6 Å². The molecule has 130 valence electrons. The third-order valence-electron chi connectivity index (χ3n) is 4.85. The Kier molecular flexibility index (Phi) is 3.02. The second kappa shape index (κ2) is 5.66. The summed E-state index contributed by atoms with van der Waals surface area (Å²) < 4.78 is 8.16. The molecule has 5 aromatic heterocycles. The van der Waals surface area contributed by atoms with E-state index in [-0.39, 0.29) is 0 Å². The molecule has 6 rings (SSSR count). The van der Waals surface area contributed by atoms with Gasteiger partial charge in [-0.1, -0.05) is 18.2 Å². The summed E-state index contributed by atoms with van der Waals surface area (Å²) in [6.45, 7) is 0. The van der Waals surface area contributed by atoms with Gasteiger partial charge in [-0.2, -0.15) is 0 Å². The lowest BCUT2D eigenvalue weighted by Gasteiger charge is -2.07. The Morgan fingerprint density at radius 1 is 0.893 bits per heavy atom. The first-order valence-corrected chi connectivity index (χ1v) is 8.88. The van der Waals surface area contributed by atoms with Crippen molar-refractivity contribution in [2.75, 3.05) is 0 Å². The molecule has 0 aliphatic rings. The second-order valence-corrected chi connectivity index (χ2v) is 6.45. The smallest absolute Gasteiger partial charge is 0.216 e. The van der Waals surface area contributed by atoms with Gasteiger partial charge >= 0.3 is 0 Å². The molecule has 0 amide bonds. The molecule has 0 unspecified atom stereocenters. The zero-order valence-corrected chi connectivity index (χ0v) is 14.6. The Labute approximate surface area is 159 Å². The monoisotopic (exact) mass is 360 g/mol. The highest BCUT2D eigenvalue weighted by molar-refractivity contribution is 6.19. The number of furan rings is 1. The molecule has 5 nitrogen and oxygen atoms in total. The van der Waals surface area contributed by atoms with E-state index in [0.29, 0.717) is 5.58 Å². The van der Waals surface area contributed by atoms with Gasteiger partial charge in [-0.25, -0.2) is 4.98 Å². The second-order valence-electron chi connectivity index (χ2n) is 6.45. The van der Waals surface area contributed by atoms with Gasteiger partial charge in [-0.15, -0.1) is 0 Å². The Bertz CT molecular complexity index is 1460. The fourth-order valence-corrected chi connectivity index (χ4v) is 3.65. The van der Waals surface area contributed by atoms with Gasteiger partial charge in [0.25, 0.3) is 0 Å². The van der Waals surface area contributed by atoms with Crippen LogP contribution in [-0.2, 0) is 0 Å². The molecule has 0 radical (unpaired) electrons. The minimum absolute atomic E-state index is 0.681. The maximum Gasteiger partial charge on any atom is 0.216 e. The fourth-order valence-electron chi connectivity index (χ4n) is 3.65. The lowest BCUT2D eigenvalue weighted by molar-refractivity contribution is 0.644. The maximum absolute atomic E-state index is 6.16. The topological polar surface area (TPSA) is 56.7 Å². The van der Waals surface area contributed by atoms with E-state index in [1.165, 1.54) is 0 Å². The highest BCUT2D eigenvalue weighted by atomic mass is 16.3. The number of hydrogen-bond donors (Lipinski definition) is 0. The minimum atomic E-state index is 0.681.